The lowest BCUT2D eigenvalue weighted by atomic mass is 10.0. The minimum Gasteiger partial charge on any atom is -0.423 e. The van der Waals surface area contributed by atoms with Gasteiger partial charge in [-0.05, 0) is 59.5 Å². The SMILES string of the molecule is CC(C)Cn1ccc2cc(-c3ccc4oc(Nc5ccccc5)nc4c3)ccc21. The number of benzene rings is 3. The van der Waals surface area contributed by atoms with Crippen molar-refractivity contribution in [2.75, 3.05) is 5.32 Å². The van der Waals surface area contributed by atoms with Crippen LogP contribution in [0.25, 0.3) is 33.1 Å². The van der Waals surface area contributed by atoms with Crippen molar-refractivity contribution in [3.8, 4) is 11.1 Å². The topological polar surface area (TPSA) is 43.0 Å². The number of para-hydroxylation sites is 1. The highest BCUT2D eigenvalue weighted by Crippen LogP contribution is 2.30. The number of nitrogens with zero attached hydrogens (tertiary/aromatic N) is 2. The fourth-order valence-electron chi connectivity index (χ4n) is 3.74. The number of fused-ring (bicyclic) bond motifs is 2. The van der Waals surface area contributed by atoms with Crippen molar-refractivity contribution >= 4 is 33.7 Å². The van der Waals surface area contributed by atoms with Crippen molar-refractivity contribution in [3.05, 3.63) is 79.0 Å². The summed E-state index contributed by atoms with van der Waals surface area (Å²) in [7, 11) is 0. The van der Waals surface area contributed by atoms with Gasteiger partial charge in [-0.15, -0.1) is 0 Å². The smallest absolute Gasteiger partial charge is 0.300 e. The summed E-state index contributed by atoms with van der Waals surface area (Å²) < 4.78 is 8.17. The standard InChI is InChI=1S/C25H23N3O/c1-17(2)16-28-13-12-20-14-18(8-10-23(20)28)19-9-11-24-22(15-19)27-25(29-24)26-21-6-4-3-5-7-21/h3-15,17H,16H2,1-2H3,(H,26,27). The molecule has 0 saturated carbocycles. The molecule has 2 aromatic heterocycles. The van der Waals surface area contributed by atoms with Gasteiger partial charge in [-0.2, -0.15) is 4.98 Å². The molecule has 144 valence electrons. The third-order valence-electron chi connectivity index (χ3n) is 5.08. The van der Waals surface area contributed by atoms with Gasteiger partial charge < -0.3 is 14.3 Å². The Morgan fingerprint density at radius 2 is 1.72 bits per heavy atom. The van der Waals surface area contributed by atoms with E-state index in [1.165, 1.54) is 16.5 Å². The molecule has 2 heterocycles. The number of oxazole rings is 1. The molecule has 3 aromatic carbocycles. The Bertz CT molecular complexity index is 1280. The summed E-state index contributed by atoms with van der Waals surface area (Å²) in [4.78, 5) is 4.61. The van der Waals surface area contributed by atoms with Crippen LogP contribution in [0, 0.1) is 5.92 Å². The molecule has 0 spiro atoms. The first kappa shape index (κ1) is 17.6. The normalized spacial score (nSPS) is 11.6. The van der Waals surface area contributed by atoms with Crippen LogP contribution in [-0.2, 0) is 6.54 Å². The minimum absolute atomic E-state index is 0.504. The lowest BCUT2D eigenvalue weighted by molar-refractivity contribution is 0.535. The summed E-state index contributed by atoms with van der Waals surface area (Å²) in [6.07, 6.45) is 2.18. The second kappa shape index (κ2) is 7.13. The summed E-state index contributed by atoms with van der Waals surface area (Å²) >= 11 is 0. The first-order chi connectivity index (χ1) is 14.2. The molecule has 5 aromatic rings. The first-order valence-corrected chi connectivity index (χ1v) is 9.98. The number of anilines is 2. The Labute approximate surface area is 169 Å². The fraction of sp³-hybridized carbons (Fsp3) is 0.160. The number of nitrogens with one attached hydrogen (secondary N) is 1. The van der Waals surface area contributed by atoms with Crippen LogP contribution in [0.2, 0.25) is 0 Å². The molecule has 0 bridgehead atoms. The molecule has 0 atom stereocenters. The van der Waals surface area contributed by atoms with E-state index in [-0.39, 0.29) is 0 Å². The molecule has 4 heteroatoms. The summed E-state index contributed by atoms with van der Waals surface area (Å²) in [5.41, 5.74) is 6.17. The van der Waals surface area contributed by atoms with Gasteiger partial charge in [0.15, 0.2) is 5.58 Å². The molecule has 5 rings (SSSR count). The van der Waals surface area contributed by atoms with Crippen molar-refractivity contribution in [1.29, 1.82) is 0 Å². The number of hydrogen-bond acceptors (Lipinski definition) is 3. The predicted molar refractivity (Wildman–Crippen MR) is 120 cm³/mol. The first-order valence-electron chi connectivity index (χ1n) is 9.98. The highest BCUT2D eigenvalue weighted by Gasteiger charge is 2.09. The number of rotatable bonds is 5. The summed E-state index contributed by atoms with van der Waals surface area (Å²) in [5, 5.41) is 4.47. The number of aromatic nitrogens is 2. The third kappa shape index (κ3) is 3.49. The zero-order valence-electron chi connectivity index (χ0n) is 16.6. The van der Waals surface area contributed by atoms with Crippen molar-refractivity contribution in [2.24, 2.45) is 5.92 Å². The third-order valence-corrected chi connectivity index (χ3v) is 5.08. The molecule has 0 radical (unpaired) electrons. The maximum atomic E-state index is 5.85. The van der Waals surface area contributed by atoms with E-state index < -0.39 is 0 Å². The monoisotopic (exact) mass is 381 g/mol. The summed E-state index contributed by atoms with van der Waals surface area (Å²) in [6.45, 7) is 5.52. The largest absolute Gasteiger partial charge is 0.423 e. The molecular formula is C25H23N3O. The predicted octanol–water partition coefficient (Wildman–Crippen LogP) is 6.85. The van der Waals surface area contributed by atoms with Gasteiger partial charge >= 0.3 is 0 Å². The maximum absolute atomic E-state index is 5.85. The zero-order valence-corrected chi connectivity index (χ0v) is 16.6. The van der Waals surface area contributed by atoms with Crippen molar-refractivity contribution in [1.82, 2.24) is 9.55 Å². The Morgan fingerprint density at radius 1 is 0.931 bits per heavy atom. The van der Waals surface area contributed by atoms with Crippen LogP contribution in [0.4, 0.5) is 11.7 Å². The van der Waals surface area contributed by atoms with E-state index in [2.05, 4.69) is 71.3 Å². The van der Waals surface area contributed by atoms with Gasteiger partial charge in [0.1, 0.15) is 5.52 Å². The van der Waals surface area contributed by atoms with Crippen LogP contribution in [0.3, 0.4) is 0 Å². The van der Waals surface area contributed by atoms with E-state index in [1.807, 2.05) is 36.4 Å². The maximum Gasteiger partial charge on any atom is 0.300 e. The molecule has 0 aliphatic heterocycles. The average Bonchev–Trinajstić information content (AvgIpc) is 3.30. The van der Waals surface area contributed by atoms with Crippen molar-refractivity contribution in [2.45, 2.75) is 20.4 Å². The molecule has 29 heavy (non-hydrogen) atoms. The Balaban J connectivity index is 1.47. The van der Waals surface area contributed by atoms with Gasteiger partial charge in [0, 0.05) is 29.3 Å². The van der Waals surface area contributed by atoms with E-state index in [1.54, 1.807) is 0 Å². The molecule has 1 N–H and O–H groups in total. The molecule has 0 saturated heterocycles. The van der Waals surface area contributed by atoms with Crippen LogP contribution in [0.15, 0.2) is 83.4 Å². The Hall–Kier alpha value is -3.53. The molecule has 0 aliphatic rings. The molecular weight excluding hydrogens is 358 g/mol. The molecule has 0 unspecified atom stereocenters. The van der Waals surface area contributed by atoms with Crippen molar-refractivity contribution in [3.63, 3.8) is 0 Å². The fourth-order valence-corrected chi connectivity index (χ4v) is 3.74. The van der Waals surface area contributed by atoms with E-state index in [4.69, 9.17) is 4.42 Å². The number of hydrogen-bond donors (Lipinski definition) is 1. The van der Waals surface area contributed by atoms with Crippen LogP contribution in [-0.4, -0.2) is 9.55 Å². The van der Waals surface area contributed by atoms with Gasteiger partial charge in [-0.25, -0.2) is 0 Å². The Morgan fingerprint density at radius 3 is 2.55 bits per heavy atom. The highest BCUT2D eigenvalue weighted by atomic mass is 16.4. The van der Waals surface area contributed by atoms with Gasteiger partial charge in [0.05, 0.1) is 0 Å². The van der Waals surface area contributed by atoms with E-state index in [0.29, 0.717) is 11.9 Å². The van der Waals surface area contributed by atoms with Gasteiger partial charge in [0.25, 0.3) is 6.01 Å². The Kier molecular flexibility index (Phi) is 4.32. The quantitative estimate of drug-likeness (QED) is 0.362. The van der Waals surface area contributed by atoms with Gasteiger partial charge in [0.2, 0.25) is 0 Å². The van der Waals surface area contributed by atoms with E-state index in [9.17, 15) is 0 Å². The second-order valence-corrected chi connectivity index (χ2v) is 7.83. The molecule has 0 amide bonds. The molecule has 4 nitrogen and oxygen atoms in total. The lowest BCUT2D eigenvalue weighted by Gasteiger charge is -2.09. The zero-order chi connectivity index (χ0) is 19.8. The lowest BCUT2D eigenvalue weighted by Crippen LogP contribution is -2.02. The summed E-state index contributed by atoms with van der Waals surface area (Å²) in [5.74, 6) is 0.624. The van der Waals surface area contributed by atoms with Gasteiger partial charge in [-0.1, -0.05) is 44.2 Å². The van der Waals surface area contributed by atoms with E-state index >= 15 is 0 Å². The van der Waals surface area contributed by atoms with Crippen LogP contribution in [0.5, 0.6) is 0 Å². The van der Waals surface area contributed by atoms with Crippen LogP contribution >= 0.6 is 0 Å². The average molecular weight is 381 g/mol. The van der Waals surface area contributed by atoms with Crippen LogP contribution in [0.1, 0.15) is 13.8 Å². The van der Waals surface area contributed by atoms with Crippen molar-refractivity contribution < 1.29 is 4.42 Å². The molecule has 0 aliphatic carbocycles. The highest BCUT2D eigenvalue weighted by molar-refractivity contribution is 5.88. The summed E-state index contributed by atoms with van der Waals surface area (Å²) in [6, 6.07) is 25.4. The second-order valence-electron chi connectivity index (χ2n) is 7.83. The van der Waals surface area contributed by atoms with Crippen LogP contribution < -0.4 is 5.32 Å². The van der Waals surface area contributed by atoms with Gasteiger partial charge in [-0.3, -0.25) is 0 Å². The van der Waals surface area contributed by atoms with E-state index in [0.717, 1.165) is 28.9 Å². The molecule has 0 fully saturated rings. The minimum atomic E-state index is 0.504.